The Hall–Kier alpha value is -3.04. The van der Waals surface area contributed by atoms with Crippen molar-refractivity contribution in [3.63, 3.8) is 0 Å². The lowest BCUT2D eigenvalue weighted by Gasteiger charge is -2.31. The first-order chi connectivity index (χ1) is 15.4. The highest BCUT2D eigenvalue weighted by atomic mass is 32.2. The minimum Gasteiger partial charge on any atom is -0.355 e. The average Bonchev–Trinajstić information content (AvgIpc) is 3.35. The summed E-state index contributed by atoms with van der Waals surface area (Å²) < 4.78 is 41.9. The van der Waals surface area contributed by atoms with Crippen molar-refractivity contribution in [1.82, 2.24) is 19.4 Å². The Bertz CT molecular complexity index is 1150. The Balaban J connectivity index is 1.30. The van der Waals surface area contributed by atoms with Gasteiger partial charge in [-0.25, -0.2) is 17.5 Å². The first kappa shape index (κ1) is 22.2. The van der Waals surface area contributed by atoms with Crippen LogP contribution in [0.15, 0.2) is 71.9 Å². The zero-order valence-electron chi connectivity index (χ0n) is 17.5. The predicted octanol–water partition coefficient (Wildman–Crippen LogP) is 2.77. The molecule has 1 saturated heterocycles. The molecule has 1 atom stereocenters. The van der Waals surface area contributed by atoms with E-state index in [0.29, 0.717) is 32.4 Å². The van der Waals surface area contributed by atoms with E-state index in [9.17, 15) is 17.6 Å². The number of sulfonamides is 1. The number of nitrogens with zero attached hydrogens (tertiary/aromatic N) is 3. The molecule has 168 valence electrons. The van der Waals surface area contributed by atoms with Gasteiger partial charge in [-0.3, -0.25) is 4.79 Å². The van der Waals surface area contributed by atoms with Crippen LogP contribution in [0, 0.1) is 11.7 Å². The average molecular weight is 457 g/mol. The molecular weight excluding hydrogens is 431 g/mol. The number of aromatic nitrogens is 2. The molecule has 7 nitrogen and oxygen atoms in total. The summed E-state index contributed by atoms with van der Waals surface area (Å²) in [7, 11) is -3.75. The Morgan fingerprint density at radius 2 is 1.88 bits per heavy atom. The van der Waals surface area contributed by atoms with E-state index in [0.717, 1.165) is 23.4 Å². The van der Waals surface area contributed by atoms with Crippen LogP contribution in [0.2, 0.25) is 0 Å². The van der Waals surface area contributed by atoms with E-state index < -0.39 is 21.8 Å². The standard InChI is InChI=1S/C23H25FN4O3S/c24-20-6-10-22(11-7-20)32(30,31)27-15-1-3-19(17-27)23(29)25-14-12-18-4-8-21(9-5-18)28-16-2-13-26-28/h2,4-11,13,16,19H,1,3,12,14-15,17H2,(H,25,29). The fraction of sp³-hybridized carbons (Fsp3) is 0.304. The van der Waals surface area contributed by atoms with Gasteiger partial charge in [0.05, 0.1) is 16.5 Å². The summed E-state index contributed by atoms with van der Waals surface area (Å²) in [5.41, 5.74) is 2.05. The minimum absolute atomic E-state index is 0.0403. The van der Waals surface area contributed by atoms with Gasteiger partial charge in [-0.1, -0.05) is 12.1 Å². The van der Waals surface area contributed by atoms with Gasteiger partial charge >= 0.3 is 0 Å². The number of benzene rings is 2. The van der Waals surface area contributed by atoms with E-state index in [1.807, 2.05) is 36.5 Å². The monoisotopic (exact) mass is 456 g/mol. The SMILES string of the molecule is O=C(NCCc1ccc(-n2cccn2)cc1)C1CCCN(S(=O)(=O)c2ccc(F)cc2)C1. The van der Waals surface area contributed by atoms with Gasteiger partial charge in [0, 0.05) is 32.0 Å². The first-order valence-corrected chi connectivity index (χ1v) is 12.0. The molecule has 32 heavy (non-hydrogen) atoms. The molecule has 2 heterocycles. The van der Waals surface area contributed by atoms with Crippen molar-refractivity contribution >= 4 is 15.9 Å². The number of piperidine rings is 1. The van der Waals surface area contributed by atoms with E-state index in [2.05, 4.69) is 10.4 Å². The van der Waals surface area contributed by atoms with Gasteiger partial charge in [-0.2, -0.15) is 9.40 Å². The number of halogens is 1. The molecule has 3 aromatic rings. The van der Waals surface area contributed by atoms with Crippen LogP contribution in [-0.2, 0) is 21.2 Å². The summed E-state index contributed by atoms with van der Waals surface area (Å²) in [6, 6.07) is 14.6. The molecule has 1 aromatic heterocycles. The quantitative estimate of drug-likeness (QED) is 0.593. The van der Waals surface area contributed by atoms with Crippen LogP contribution in [0.25, 0.3) is 5.69 Å². The second-order valence-corrected chi connectivity index (χ2v) is 9.75. The van der Waals surface area contributed by atoms with Crippen LogP contribution in [-0.4, -0.2) is 48.0 Å². The number of nitrogens with one attached hydrogen (secondary N) is 1. The number of carbonyl (C=O) groups excluding carboxylic acids is 1. The number of hydrogen-bond acceptors (Lipinski definition) is 4. The van der Waals surface area contributed by atoms with E-state index in [-0.39, 0.29) is 17.3 Å². The zero-order chi connectivity index (χ0) is 22.6. The summed E-state index contributed by atoms with van der Waals surface area (Å²) in [6.07, 6.45) is 5.52. The van der Waals surface area contributed by atoms with Gasteiger partial charge < -0.3 is 5.32 Å². The molecule has 1 N–H and O–H groups in total. The highest BCUT2D eigenvalue weighted by Crippen LogP contribution is 2.24. The van der Waals surface area contributed by atoms with Crippen molar-refractivity contribution < 1.29 is 17.6 Å². The molecule has 0 bridgehead atoms. The summed E-state index contributed by atoms with van der Waals surface area (Å²) in [5.74, 6) is -1.03. The molecular formula is C23H25FN4O3S. The summed E-state index contributed by atoms with van der Waals surface area (Å²) in [5, 5.41) is 7.13. The molecule has 9 heteroatoms. The van der Waals surface area contributed by atoms with Gasteiger partial charge in [0.1, 0.15) is 5.82 Å². The maximum absolute atomic E-state index is 13.1. The van der Waals surface area contributed by atoms with E-state index >= 15 is 0 Å². The van der Waals surface area contributed by atoms with E-state index in [1.165, 1.54) is 16.4 Å². The Labute approximate surface area is 186 Å². The molecule has 1 unspecified atom stereocenters. The third-order valence-corrected chi connectivity index (χ3v) is 7.50. The first-order valence-electron chi connectivity index (χ1n) is 10.6. The largest absolute Gasteiger partial charge is 0.355 e. The number of amides is 1. The third-order valence-electron chi connectivity index (χ3n) is 5.62. The molecule has 1 fully saturated rings. The molecule has 1 aliphatic rings. The van der Waals surface area contributed by atoms with Crippen LogP contribution in [0.5, 0.6) is 0 Å². The van der Waals surface area contributed by atoms with Crippen LogP contribution in [0.3, 0.4) is 0 Å². The second kappa shape index (κ2) is 9.62. The maximum atomic E-state index is 13.1. The molecule has 0 radical (unpaired) electrons. The molecule has 0 spiro atoms. The lowest BCUT2D eigenvalue weighted by molar-refractivity contribution is -0.126. The van der Waals surface area contributed by atoms with Gasteiger partial charge in [0.25, 0.3) is 0 Å². The minimum atomic E-state index is -3.75. The van der Waals surface area contributed by atoms with Gasteiger partial charge in [0.2, 0.25) is 15.9 Å². The molecule has 0 aliphatic carbocycles. The van der Waals surface area contributed by atoms with Crippen molar-refractivity contribution in [2.24, 2.45) is 5.92 Å². The highest BCUT2D eigenvalue weighted by Gasteiger charge is 2.33. The smallest absolute Gasteiger partial charge is 0.243 e. The molecule has 2 aromatic carbocycles. The Morgan fingerprint density at radius 1 is 1.12 bits per heavy atom. The van der Waals surface area contributed by atoms with Gasteiger partial charge in [0.15, 0.2) is 0 Å². The van der Waals surface area contributed by atoms with Crippen molar-refractivity contribution in [2.75, 3.05) is 19.6 Å². The molecule has 0 saturated carbocycles. The van der Waals surface area contributed by atoms with Crippen LogP contribution >= 0.6 is 0 Å². The predicted molar refractivity (Wildman–Crippen MR) is 118 cm³/mol. The number of rotatable bonds is 7. The van der Waals surface area contributed by atoms with Crippen molar-refractivity contribution in [3.05, 3.63) is 78.4 Å². The third kappa shape index (κ3) is 5.05. The van der Waals surface area contributed by atoms with Crippen molar-refractivity contribution in [3.8, 4) is 5.69 Å². The number of hydrogen-bond donors (Lipinski definition) is 1. The fourth-order valence-electron chi connectivity index (χ4n) is 3.84. The van der Waals surface area contributed by atoms with Crippen LogP contribution in [0.1, 0.15) is 18.4 Å². The highest BCUT2D eigenvalue weighted by molar-refractivity contribution is 7.89. The van der Waals surface area contributed by atoms with Crippen LogP contribution < -0.4 is 5.32 Å². The Kier molecular flexibility index (Phi) is 6.66. The lowest BCUT2D eigenvalue weighted by atomic mass is 9.99. The summed E-state index contributed by atoms with van der Waals surface area (Å²) >= 11 is 0. The maximum Gasteiger partial charge on any atom is 0.243 e. The molecule has 4 rings (SSSR count). The van der Waals surface area contributed by atoms with Gasteiger partial charge in [-0.05, 0) is 67.3 Å². The zero-order valence-corrected chi connectivity index (χ0v) is 18.3. The van der Waals surface area contributed by atoms with Crippen molar-refractivity contribution in [2.45, 2.75) is 24.2 Å². The Morgan fingerprint density at radius 3 is 2.56 bits per heavy atom. The summed E-state index contributed by atoms with van der Waals surface area (Å²) in [6.45, 7) is 0.956. The molecule has 1 amide bonds. The van der Waals surface area contributed by atoms with E-state index in [1.54, 1.807) is 10.9 Å². The lowest BCUT2D eigenvalue weighted by Crippen LogP contribution is -2.45. The van der Waals surface area contributed by atoms with Crippen molar-refractivity contribution in [1.29, 1.82) is 0 Å². The topological polar surface area (TPSA) is 84.3 Å². The van der Waals surface area contributed by atoms with Crippen LogP contribution in [0.4, 0.5) is 4.39 Å². The summed E-state index contributed by atoms with van der Waals surface area (Å²) in [4.78, 5) is 12.7. The van der Waals surface area contributed by atoms with Gasteiger partial charge in [-0.15, -0.1) is 0 Å². The number of carbonyl (C=O) groups is 1. The fourth-order valence-corrected chi connectivity index (χ4v) is 5.37. The van der Waals surface area contributed by atoms with E-state index in [4.69, 9.17) is 0 Å². The molecule has 1 aliphatic heterocycles. The normalized spacial score (nSPS) is 17.2. The second-order valence-electron chi connectivity index (χ2n) is 7.81.